The van der Waals surface area contributed by atoms with Crippen LogP contribution in [0.2, 0.25) is 0 Å². The van der Waals surface area contributed by atoms with Crippen LogP contribution in [-0.4, -0.2) is 49.4 Å². The van der Waals surface area contributed by atoms with E-state index >= 15 is 0 Å². The third-order valence-corrected chi connectivity index (χ3v) is 7.57. The van der Waals surface area contributed by atoms with Crippen molar-refractivity contribution in [2.75, 3.05) is 12.4 Å². The zero-order valence-electron chi connectivity index (χ0n) is 17.0. The standard InChI is InChI=1S/C22H23FN6S/c1-12-10-29-11-13(5-17(23)21(29)25-12)18-8-20-19(9-24-18)27-22(30-20)26-14-6-15-3-4-16(7-14)28(15)2/h5,8-11,14-16H,3-4,6-7H2,1-2H3,(H,26,27)/t14-,15-,16+. The quantitative estimate of drug-likeness (QED) is 0.527. The second-order valence-corrected chi connectivity index (χ2v) is 9.64. The minimum absolute atomic E-state index is 0.341. The number of hydrogen-bond acceptors (Lipinski definition) is 6. The summed E-state index contributed by atoms with van der Waals surface area (Å²) in [4.78, 5) is 16.1. The van der Waals surface area contributed by atoms with E-state index in [9.17, 15) is 4.39 Å². The molecule has 0 spiro atoms. The van der Waals surface area contributed by atoms with Crippen LogP contribution < -0.4 is 5.32 Å². The van der Waals surface area contributed by atoms with E-state index in [4.69, 9.17) is 4.98 Å². The van der Waals surface area contributed by atoms with Crippen LogP contribution in [0.4, 0.5) is 9.52 Å². The SMILES string of the molecule is Cc1cn2cc(-c3cc4sc(N[C@@H]5C[C@H]6CC[C@@H](C5)N6C)nc4cn3)cc(F)c2n1. The van der Waals surface area contributed by atoms with E-state index in [1.807, 2.05) is 25.4 Å². The first-order valence-electron chi connectivity index (χ1n) is 10.4. The maximum atomic E-state index is 14.5. The fourth-order valence-electron chi connectivity index (χ4n) is 5.07. The van der Waals surface area contributed by atoms with E-state index in [1.165, 1.54) is 31.7 Å². The highest BCUT2D eigenvalue weighted by molar-refractivity contribution is 7.22. The van der Waals surface area contributed by atoms with Crippen LogP contribution in [0.1, 0.15) is 31.4 Å². The first kappa shape index (κ1) is 18.2. The van der Waals surface area contributed by atoms with Crippen molar-refractivity contribution in [2.24, 2.45) is 0 Å². The second-order valence-electron chi connectivity index (χ2n) is 8.61. The van der Waals surface area contributed by atoms with Crippen molar-refractivity contribution in [3.05, 3.63) is 42.2 Å². The Morgan fingerprint density at radius 1 is 1.13 bits per heavy atom. The molecule has 1 N–H and O–H groups in total. The van der Waals surface area contributed by atoms with Gasteiger partial charge in [0.05, 0.1) is 22.3 Å². The van der Waals surface area contributed by atoms with Crippen LogP contribution >= 0.6 is 11.3 Å². The van der Waals surface area contributed by atoms with Crippen molar-refractivity contribution >= 4 is 32.3 Å². The fourth-order valence-corrected chi connectivity index (χ4v) is 6.03. The average molecular weight is 423 g/mol. The number of nitrogens with one attached hydrogen (secondary N) is 1. The second kappa shape index (κ2) is 6.72. The molecule has 6 nitrogen and oxygen atoms in total. The van der Waals surface area contributed by atoms with Crippen LogP contribution in [0.3, 0.4) is 0 Å². The molecule has 6 heterocycles. The number of hydrogen-bond donors (Lipinski definition) is 1. The molecule has 2 aliphatic heterocycles. The lowest BCUT2D eigenvalue weighted by molar-refractivity contribution is 0.169. The molecule has 2 saturated heterocycles. The Balaban J connectivity index is 1.29. The molecule has 0 saturated carbocycles. The largest absolute Gasteiger partial charge is 0.359 e. The molecular weight excluding hydrogens is 399 g/mol. The number of pyridine rings is 2. The fraction of sp³-hybridized carbons (Fsp3) is 0.409. The number of aromatic nitrogens is 4. The summed E-state index contributed by atoms with van der Waals surface area (Å²) in [6.45, 7) is 1.86. The summed E-state index contributed by atoms with van der Waals surface area (Å²) >= 11 is 1.65. The normalized spacial score (nSPS) is 24.2. The van der Waals surface area contributed by atoms with Gasteiger partial charge in [-0.15, -0.1) is 0 Å². The molecule has 154 valence electrons. The molecule has 2 bridgehead atoms. The highest BCUT2D eigenvalue weighted by Crippen LogP contribution is 2.37. The molecule has 4 aromatic rings. The molecule has 2 aliphatic rings. The predicted molar refractivity (Wildman–Crippen MR) is 118 cm³/mol. The van der Waals surface area contributed by atoms with Gasteiger partial charge >= 0.3 is 0 Å². The summed E-state index contributed by atoms with van der Waals surface area (Å²) in [7, 11) is 2.26. The molecule has 0 unspecified atom stereocenters. The number of nitrogens with zero attached hydrogens (tertiary/aromatic N) is 5. The Labute approximate surface area is 177 Å². The van der Waals surface area contributed by atoms with Gasteiger partial charge in [0.1, 0.15) is 5.52 Å². The van der Waals surface area contributed by atoms with Crippen molar-refractivity contribution in [1.29, 1.82) is 0 Å². The molecule has 2 fully saturated rings. The van der Waals surface area contributed by atoms with E-state index in [2.05, 4.69) is 27.2 Å². The summed E-state index contributed by atoms with van der Waals surface area (Å²) < 4.78 is 17.3. The smallest absolute Gasteiger partial charge is 0.184 e. The number of thiazole rings is 1. The van der Waals surface area contributed by atoms with Crippen molar-refractivity contribution in [3.63, 3.8) is 0 Å². The molecule has 0 radical (unpaired) electrons. The van der Waals surface area contributed by atoms with Crippen LogP contribution in [0.5, 0.6) is 0 Å². The maximum Gasteiger partial charge on any atom is 0.184 e. The van der Waals surface area contributed by atoms with E-state index in [-0.39, 0.29) is 5.82 Å². The van der Waals surface area contributed by atoms with Gasteiger partial charge in [0.15, 0.2) is 16.6 Å². The third-order valence-electron chi connectivity index (χ3n) is 6.62. The molecule has 6 rings (SSSR count). The van der Waals surface area contributed by atoms with Gasteiger partial charge in [0, 0.05) is 36.1 Å². The number of anilines is 1. The van der Waals surface area contributed by atoms with Gasteiger partial charge in [-0.3, -0.25) is 4.98 Å². The van der Waals surface area contributed by atoms with E-state index < -0.39 is 0 Å². The third kappa shape index (κ3) is 2.97. The van der Waals surface area contributed by atoms with E-state index in [1.54, 1.807) is 21.9 Å². The van der Waals surface area contributed by atoms with Gasteiger partial charge in [0.2, 0.25) is 0 Å². The van der Waals surface area contributed by atoms with Crippen LogP contribution in [0.25, 0.3) is 27.1 Å². The molecule has 8 heteroatoms. The summed E-state index contributed by atoms with van der Waals surface area (Å²) in [6.07, 6.45) is 10.5. The number of aryl methyl sites for hydroxylation is 1. The molecule has 4 aromatic heterocycles. The first-order valence-corrected chi connectivity index (χ1v) is 11.3. The van der Waals surface area contributed by atoms with Crippen molar-refractivity contribution in [3.8, 4) is 11.3 Å². The number of fused-ring (bicyclic) bond motifs is 4. The zero-order chi connectivity index (χ0) is 20.4. The lowest BCUT2D eigenvalue weighted by atomic mass is 9.98. The lowest BCUT2D eigenvalue weighted by Gasteiger charge is -2.36. The Morgan fingerprint density at radius 3 is 2.73 bits per heavy atom. The topological polar surface area (TPSA) is 58.4 Å². The summed E-state index contributed by atoms with van der Waals surface area (Å²) in [5.41, 5.74) is 3.47. The number of imidazole rings is 1. The van der Waals surface area contributed by atoms with Crippen molar-refractivity contribution in [1.82, 2.24) is 24.3 Å². The molecule has 0 amide bonds. The monoisotopic (exact) mass is 422 g/mol. The van der Waals surface area contributed by atoms with E-state index in [0.29, 0.717) is 23.8 Å². The molecule has 0 aromatic carbocycles. The minimum atomic E-state index is -0.342. The van der Waals surface area contributed by atoms with Gasteiger partial charge in [-0.25, -0.2) is 14.4 Å². The Hall–Kier alpha value is -2.58. The Morgan fingerprint density at radius 2 is 1.93 bits per heavy atom. The minimum Gasteiger partial charge on any atom is -0.359 e. The van der Waals surface area contributed by atoms with Crippen molar-refractivity contribution in [2.45, 2.75) is 50.7 Å². The lowest BCUT2D eigenvalue weighted by Crippen LogP contribution is -2.44. The summed E-state index contributed by atoms with van der Waals surface area (Å²) in [5.74, 6) is -0.342. The zero-order valence-corrected chi connectivity index (χ0v) is 17.8. The van der Waals surface area contributed by atoms with Gasteiger partial charge in [-0.2, -0.15) is 0 Å². The highest BCUT2D eigenvalue weighted by Gasteiger charge is 2.38. The van der Waals surface area contributed by atoms with E-state index in [0.717, 1.165) is 32.3 Å². The van der Waals surface area contributed by atoms with Gasteiger partial charge < -0.3 is 14.6 Å². The molecule has 3 atom stereocenters. The van der Waals surface area contributed by atoms with Crippen molar-refractivity contribution < 1.29 is 4.39 Å². The summed E-state index contributed by atoms with van der Waals surface area (Å²) in [5, 5.41) is 4.62. The summed E-state index contributed by atoms with van der Waals surface area (Å²) in [6, 6.07) is 5.37. The average Bonchev–Trinajstić information content (AvgIpc) is 3.34. The van der Waals surface area contributed by atoms with Crippen LogP contribution in [0.15, 0.2) is 30.7 Å². The van der Waals surface area contributed by atoms with Crippen LogP contribution in [-0.2, 0) is 0 Å². The maximum absolute atomic E-state index is 14.5. The van der Waals surface area contributed by atoms with Gasteiger partial charge in [-0.05, 0) is 51.8 Å². The van der Waals surface area contributed by atoms with Crippen LogP contribution in [0, 0.1) is 12.7 Å². The highest BCUT2D eigenvalue weighted by atomic mass is 32.1. The molecule has 30 heavy (non-hydrogen) atoms. The first-order chi connectivity index (χ1) is 14.5. The number of halogens is 1. The predicted octanol–water partition coefficient (Wildman–Crippen LogP) is 4.49. The number of piperidine rings is 1. The molecule has 0 aliphatic carbocycles. The number of rotatable bonds is 3. The Kier molecular flexibility index (Phi) is 4.08. The van der Waals surface area contributed by atoms with Gasteiger partial charge in [0.25, 0.3) is 0 Å². The molecular formula is C22H23FN6S. The van der Waals surface area contributed by atoms with Gasteiger partial charge in [-0.1, -0.05) is 11.3 Å². The Bertz CT molecular complexity index is 1250.